The Hall–Kier alpha value is -2.46. The van der Waals surface area contributed by atoms with Crippen molar-refractivity contribution in [2.24, 2.45) is 0 Å². The van der Waals surface area contributed by atoms with Crippen LogP contribution in [0.15, 0.2) is 47.4 Å². The number of ether oxygens (including phenoxy) is 2. The summed E-state index contributed by atoms with van der Waals surface area (Å²) in [4.78, 5) is 0.0784. The molecule has 0 bridgehead atoms. The van der Waals surface area contributed by atoms with Crippen molar-refractivity contribution in [1.29, 1.82) is 0 Å². The first kappa shape index (κ1) is 18.3. The number of anilines is 2. The van der Waals surface area contributed by atoms with Crippen molar-refractivity contribution in [3.8, 4) is 11.5 Å². The lowest BCUT2D eigenvalue weighted by Gasteiger charge is -2.29. The van der Waals surface area contributed by atoms with E-state index in [9.17, 15) is 16.8 Å². The first-order valence-corrected chi connectivity index (χ1v) is 11.0. The van der Waals surface area contributed by atoms with Crippen LogP contribution in [0.2, 0.25) is 0 Å². The molecule has 1 aliphatic heterocycles. The fourth-order valence-corrected chi connectivity index (χ4v) is 4.54. The Kier molecular flexibility index (Phi) is 4.72. The molecule has 0 amide bonds. The molecule has 1 aliphatic rings. The minimum atomic E-state index is -3.80. The predicted octanol–water partition coefficient (Wildman–Crippen LogP) is 1.65. The van der Waals surface area contributed by atoms with E-state index in [1.807, 2.05) is 0 Å². The second-order valence-electron chi connectivity index (χ2n) is 5.65. The molecular formula is C16H18N2O6S2. The van der Waals surface area contributed by atoms with Crippen molar-refractivity contribution < 1.29 is 26.3 Å². The summed E-state index contributed by atoms with van der Waals surface area (Å²) in [5.74, 6) is 0.851. The molecule has 2 aromatic rings. The average molecular weight is 398 g/mol. The third-order valence-electron chi connectivity index (χ3n) is 3.80. The Balaban J connectivity index is 1.89. The molecule has 0 fully saturated rings. The van der Waals surface area contributed by atoms with Crippen LogP contribution in [0.4, 0.5) is 11.4 Å². The van der Waals surface area contributed by atoms with Gasteiger partial charge in [-0.2, -0.15) is 0 Å². The Bertz CT molecular complexity index is 1020. The smallest absolute Gasteiger partial charge is 0.261 e. The van der Waals surface area contributed by atoms with E-state index in [1.54, 1.807) is 12.1 Å². The first-order chi connectivity index (χ1) is 12.2. The van der Waals surface area contributed by atoms with Crippen molar-refractivity contribution in [3.05, 3.63) is 42.5 Å². The number of hydrogen-bond donors (Lipinski definition) is 1. The third kappa shape index (κ3) is 3.70. The van der Waals surface area contributed by atoms with Gasteiger partial charge in [-0.15, -0.1) is 0 Å². The molecule has 0 unspecified atom stereocenters. The van der Waals surface area contributed by atoms with Crippen molar-refractivity contribution in [3.63, 3.8) is 0 Å². The fraction of sp³-hybridized carbons (Fsp3) is 0.250. The van der Waals surface area contributed by atoms with E-state index in [1.165, 1.54) is 41.7 Å². The molecule has 1 N–H and O–H groups in total. The molecular weight excluding hydrogens is 380 g/mol. The van der Waals surface area contributed by atoms with Crippen LogP contribution in [0, 0.1) is 0 Å². The summed E-state index contributed by atoms with van der Waals surface area (Å²) in [7, 11) is -5.74. The van der Waals surface area contributed by atoms with Crippen LogP contribution in [0.3, 0.4) is 0 Å². The van der Waals surface area contributed by atoms with E-state index in [0.717, 1.165) is 6.26 Å². The van der Waals surface area contributed by atoms with E-state index >= 15 is 0 Å². The van der Waals surface area contributed by atoms with Gasteiger partial charge in [0.15, 0.2) is 0 Å². The van der Waals surface area contributed by atoms with Crippen LogP contribution in [-0.4, -0.2) is 43.4 Å². The summed E-state index contributed by atoms with van der Waals surface area (Å²) < 4.78 is 62.9. The zero-order valence-electron chi connectivity index (χ0n) is 14.2. The topological polar surface area (TPSA) is 102 Å². The largest absolute Gasteiger partial charge is 0.497 e. The molecule has 0 aromatic heterocycles. The van der Waals surface area contributed by atoms with Crippen LogP contribution in [0.5, 0.6) is 11.5 Å². The quantitative estimate of drug-likeness (QED) is 0.822. The van der Waals surface area contributed by atoms with Gasteiger partial charge in [-0.3, -0.25) is 9.03 Å². The van der Waals surface area contributed by atoms with Gasteiger partial charge in [0.1, 0.15) is 18.1 Å². The van der Waals surface area contributed by atoms with Crippen LogP contribution >= 0.6 is 0 Å². The normalized spacial score (nSPS) is 14.3. The first-order valence-electron chi connectivity index (χ1n) is 7.62. The Labute approximate surface area is 152 Å². The van der Waals surface area contributed by atoms with Gasteiger partial charge in [0.25, 0.3) is 10.0 Å². The lowest BCUT2D eigenvalue weighted by atomic mass is 10.2. The molecule has 0 spiro atoms. The molecule has 2 aromatic carbocycles. The maximum atomic E-state index is 12.5. The zero-order chi connectivity index (χ0) is 18.9. The molecule has 0 atom stereocenters. The van der Waals surface area contributed by atoms with Crippen molar-refractivity contribution in [1.82, 2.24) is 0 Å². The van der Waals surface area contributed by atoms with Crippen molar-refractivity contribution in [2.75, 3.05) is 35.5 Å². The van der Waals surface area contributed by atoms with Crippen molar-refractivity contribution >= 4 is 31.4 Å². The number of hydrogen-bond acceptors (Lipinski definition) is 6. The van der Waals surface area contributed by atoms with E-state index in [0.29, 0.717) is 17.2 Å². The molecule has 0 saturated heterocycles. The standard InChI is InChI=1S/C16H18N2O6S2/c1-23-13-4-6-14(7-5-13)26(21,22)17-12-3-8-15-16(11-12)24-10-9-18(15)25(2,19)20/h3-8,11,17H,9-10H2,1-2H3. The van der Waals surface area contributed by atoms with Crippen LogP contribution < -0.4 is 18.5 Å². The molecule has 0 saturated carbocycles. The molecule has 1 heterocycles. The van der Waals surface area contributed by atoms with Crippen LogP contribution in [0.25, 0.3) is 0 Å². The second kappa shape index (κ2) is 6.69. The number of rotatable bonds is 5. The highest BCUT2D eigenvalue weighted by atomic mass is 32.2. The number of sulfonamides is 2. The molecule has 26 heavy (non-hydrogen) atoms. The summed E-state index contributed by atoms with van der Waals surface area (Å²) in [6.45, 7) is 0.400. The minimum absolute atomic E-state index is 0.0784. The molecule has 10 heteroatoms. The number of nitrogens with one attached hydrogen (secondary N) is 1. The summed E-state index contributed by atoms with van der Waals surface area (Å²) in [6.07, 6.45) is 1.11. The van der Waals surface area contributed by atoms with E-state index in [4.69, 9.17) is 9.47 Å². The third-order valence-corrected chi connectivity index (χ3v) is 6.38. The number of fused-ring (bicyclic) bond motifs is 1. The average Bonchev–Trinajstić information content (AvgIpc) is 2.60. The SMILES string of the molecule is COc1ccc(S(=O)(=O)Nc2ccc3c(c2)OCCN3S(C)(=O)=O)cc1. The molecule has 0 radical (unpaired) electrons. The molecule has 3 rings (SSSR count). The van der Waals surface area contributed by atoms with Gasteiger partial charge in [-0.05, 0) is 36.4 Å². The van der Waals surface area contributed by atoms with Gasteiger partial charge in [-0.25, -0.2) is 16.8 Å². The Morgan fingerprint density at radius 1 is 1.08 bits per heavy atom. The van der Waals surface area contributed by atoms with E-state index in [2.05, 4.69) is 4.72 Å². The van der Waals surface area contributed by atoms with Gasteiger partial charge in [-0.1, -0.05) is 0 Å². The molecule has 140 valence electrons. The molecule has 8 nitrogen and oxygen atoms in total. The van der Waals surface area contributed by atoms with Gasteiger partial charge < -0.3 is 9.47 Å². The van der Waals surface area contributed by atoms with Crippen LogP contribution in [-0.2, 0) is 20.0 Å². The summed E-state index contributed by atoms with van der Waals surface area (Å²) in [5.41, 5.74) is 0.654. The lowest BCUT2D eigenvalue weighted by molar-refractivity contribution is 0.316. The minimum Gasteiger partial charge on any atom is -0.497 e. The van der Waals surface area contributed by atoms with Gasteiger partial charge in [0.05, 0.1) is 36.2 Å². The second-order valence-corrected chi connectivity index (χ2v) is 9.24. The Morgan fingerprint density at radius 3 is 2.38 bits per heavy atom. The van der Waals surface area contributed by atoms with Gasteiger partial charge >= 0.3 is 0 Å². The van der Waals surface area contributed by atoms with Gasteiger partial charge in [0.2, 0.25) is 10.0 Å². The monoisotopic (exact) mass is 398 g/mol. The highest BCUT2D eigenvalue weighted by Gasteiger charge is 2.26. The highest BCUT2D eigenvalue weighted by molar-refractivity contribution is 7.92. The fourth-order valence-electron chi connectivity index (χ4n) is 2.57. The summed E-state index contributed by atoms with van der Waals surface area (Å²) in [5, 5.41) is 0. The van der Waals surface area contributed by atoms with Gasteiger partial charge in [0, 0.05) is 6.07 Å². The number of nitrogens with zero attached hydrogens (tertiary/aromatic N) is 1. The van der Waals surface area contributed by atoms with E-state index < -0.39 is 20.0 Å². The van der Waals surface area contributed by atoms with E-state index in [-0.39, 0.29) is 23.7 Å². The summed E-state index contributed by atoms with van der Waals surface area (Å²) in [6, 6.07) is 10.4. The zero-order valence-corrected chi connectivity index (χ0v) is 15.8. The highest BCUT2D eigenvalue weighted by Crippen LogP contribution is 2.36. The molecule has 0 aliphatic carbocycles. The Morgan fingerprint density at radius 2 is 1.77 bits per heavy atom. The maximum Gasteiger partial charge on any atom is 0.261 e. The van der Waals surface area contributed by atoms with Crippen molar-refractivity contribution in [2.45, 2.75) is 4.90 Å². The summed E-state index contributed by atoms with van der Waals surface area (Å²) >= 11 is 0. The predicted molar refractivity (Wildman–Crippen MR) is 97.9 cm³/mol. The maximum absolute atomic E-state index is 12.5. The van der Waals surface area contributed by atoms with Crippen LogP contribution in [0.1, 0.15) is 0 Å². The lowest BCUT2D eigenvalue weighted by Crippen LogP contribution is -2.37. The number of benzene rings is 2. The number of methoxy groups -OCH3 is 1.